The zero-order chi connectivity index (χ0) is 36.6. The van der Waals surface area contributed by atoms with Gasteiger partial charge in [0.2, 0.25) is 11.8 Å². The predicted molar refractivity (Wildman–Crippen MR) is 195 cm³/mol. The van der Waals surface area contributed by atoms with Gasteiger partial charge in [-0.2, -0.15) is 0 Å². The molecule has 0 radical (unpaired) electrons. The number of carboxylic acid groups (broad SMARTS) is 1. The SMILES string of the molecule is C[C@H](CCC(=O)NC(Cc1ccccc1)C(=O)NCC1(CC(=O)O)CCCCC1)C1CCC2C3C(O)CC4C[C@H](O)CCC4(C)C3C[C@H](O)C21C. The van der Waals surface area contributed by atoms with Crippen molar-refractivity contribution in [1.29, 1.82) is 0 Å². The first-order valence-electron chi connectivity index (χ1n) is 20.1. The lowest BCUT2D eigenvalue weighted by Crippen LogP contribution is -2.62. The Balaban J connectivity index is 1.09. The van der Waals surface area contributed by atoms with E-state index in [1.807, 2.05) is 30.3 Å². The molecule has 5 fully saturated rings. The highest BCUT2D eigenvalue weighted by Crippen LogP contribution is 2.68. The van der Waals surface area contributed by atoms with Crippen LogP contribution >= 0.6 is 0 Å². The van der Waals surface area contributed by atoms with E-state index < -0.39 is 29.6 Å². The van der Waals surface area contributed by atoms with Gasteiger partial charge in [-0.15, -0.1) is 0 Å². The average molecular weight is 709 g/mol. The summed E-state index contributed by atoms with van der Waals surface area (Å²) in [5.74, 6) is -0.00480. The Hall–Kier alpha value is -2.49. The number of carbonyl (C=O) groups is 3. The Labute approximate surface area is 304 Å². The Bertz CT molecular complexity index is 1380. The summed E-state index contributed by atoms with van der Waals surface area (Å²) in [6.45, 7) is 7.08. The molecule has 51 heavy (non-hydrogen) atoms. The molecule has 0 aromatic heterocycles. The molecule has 0 heterocycles. The van der Waals surface area contributed by atoms with E-state index >= 15 is 0 Å². The summed E-state index contributed by atoms with van der Waals surface area (Å²) in [7, 11) is 0. The summed E-state index contributed by atoms with van der Waals surface area (Å²) in [4.78, 5) is 39.0. The lowest BCUT2D eigenvalue weighted by atomic mass is 9.43. The maximum Gasteiger partial charge on any atom is 0.303 e. The molecular formula is C42H64N2O7. The van der Waals surface area contributed by atoms with E-state index in [2.05, 4.69) is 31.4 Å². The molecule has 9 nitrogen and oxygen atoms in total. The van der Waals surface area contributed by atoms with Crippen molar-refractivity contribution in [2.24, 2.45) is 51.8 Å². The molecule has 1 aromatic rings. The van der Waals surface area contributed by atoms with Crippen molar-refractivity contribution < 1.29 is 34.8 Å². The molecule has 0 spiro atoms. The second-order valence-electron chi connectivity index (χ2n) is 18.2. The highest BCUT2D eigenvalue weighted by atomic mass is 16.4. The fourth-order valence-electron chi connectivity index (χ4n) is 12.5. The quantitative estimate of drug-likeness (QED) is 0.164. The summed E-state index contributed by atoms with van der Waals surface area (Å²) in [6, 6.07) is 8.87. The van der Waals surface area contributed by atoms with Crippen molar-refractivity contribution in [2.75, 3.05) is 6.54 Å². The molecule has 5 aliphatic carbocycles. The standard InChI is InChI=1S/C42H64N2O7/c1-26(30-13-14-31-38-32(23-35(47)41(30,31)3)40(2)19-16-29(45)21-28(40)22-34(38)46)12-15-36(48)44-33(20-27-10-6-4-7-11-27)39(51)43-25-42(24-37(49)50)17-8-5-9-18-42/h4,6-7,10-11,26,28-35,38,45-47H,5,8-9,12-25H2,1-3H3,(H,43,51)(H,44,48)(H,49,50)/t26-,28?,29-,30?,31?,32?,33?,34?,35+,38?,40?,41?/m1/s1. The summed E-state index contributed by atoms with van der Waals surface area (Å²) >= 11 is 0. The number of carboxylic acids is 1. The van der Waals surface area contributed by atoms with Crippen LogP contribution in [0.25, 0.3) is 0 Å². The van der Waals surface area contributed by atoms with Crippen molar-refractivity contribution in [3.8, 4) is 0 Å². The minimum absolute atomic E-state index is 0.0286. The third kappa shape index (κ3) is 7.77. The van der Waals surface area contributed by atoms with Gasteiger partial charge in [0.15, 0.2) is 0 Å². The minimum Gasteiger partial charge on any atom is -0.481 e. The van der Waals surface area contributed by atoms with Crippen LogP contribution < -0.4 is 10.6 Å². The number of aliphatic carboxylic acids is 1. The molecule has 9 heteroatoms. The smallest absolute Gasteiger partial charge is 0.303 e. The first-order valence-corrected chi connectivity index (χ1v) is 20.1. The van der Waals surface area contributed by atoms with E-state index in [0.29, 0.717) is 25.8 Å². The van der Waals surface area contributed by atoms with Crippen molar-refractivity contribution in [3.63, 3.8) is 0 Å². The van der Waals surface area contributed by atoms with Crippen LogP contribution in [0.2, 0.25) is 0 Å². The monoisotopic (exact) mass is 708 g/mol. The molecule has 2 amide bonds. The second kappa shape index (κ2) is 15.5. The molecular weight excluding hydrogens is 644 g/mol. The van der Waals surface area contributed by atoms with Gasteiger partial charge in [-0.3, -0.25) is 14.4 Å². The Kier molecular flexibility index (Phi) is 11.6. The summed E-state index contributed by atoms with van der Waals surface area (Å²) in [5, 5.41) is 49.7. The number of aliphatic hydroxyl groups excluding tert-OH is 3. The maximum atomic E-state index is 13.7. The third-order valence-corrected chi connectivity index (χ3v) is 15.4. The highest BCUT2D eigenvalue weighted by molar-refractivity contribution is 5.88. The maximum absolute atomic E-state index is 13.7. The number of hydrogen-bond donors (Lipinski definition) is 6. The van der Waals surface area contributed by atoms with E-state index in [0.717, 1.165) is 76.2 Å². The van der Waals surface area contributed by atoms with Crippen LogP contribution in [-0.2, 0) is 20.8 Å². The molecule has 1 aromatic carbocycles. The molecule has 12 atom stereocenters. The van der Waals surface area contributed by atoms with Gasteiger partial charge in [0.1, 0.15) is 6.04 Å². The Morgan fingerprint density at radius 3 is 2.33 bits per heavy atom. The lowest BCUT2D eigenvalue weighted by Gasteiger charge is -2.63. The fraction of sp³-hybridized carbons (Fsp3) is 0.786. The van der Waals surface area contributed by atoms with Crippen LogP contribution in [0, 0.1) is 51.8 Å². The third-order valence-electron chi connectivity index (χ3n) is 15.4. The minimum atomic E-state index is -0.847. The van der Waals surface area contributed by atoms with Crippen LogP contribution in [0.5, 0.6) is 0 Å². The molecule has 0 aliphatic heterocycles. The summed E-state index contributed by atoms with van der Waals surface area (Å²) in [5.41, 5.74) is 0.175. The van der Waals surface area contributed by atoms with E-state index in [9.17, 15) is 34.8 Å². The molecule has 9 unspecified atom stereocenters. The van der Waals surface area contributed by atoms with Gasteiger partial charge in [-0.05, 0) is 122 Å². The van der Waals surface area contributed by atoms with Gasteiger partial charge in [0, 0.05) is 19.4 Å². The van der Waals surface area contributed by atoms with Crippen molar-refractivity contribution in [2.45, 2.75) is 148 Å². The molecule has 5 saturated carbocycles. The molecule has 0 bridgehead atoms. The zero-order valence-electron chi connectivity index (χ0n) is 31.2. The molecule has 6 rings (SSSR count). The van der Waals surface area contributed by atoms with Gasteiger partial charge in [0.05, 0.1) is 24.7 Å². The molecule has 284 valence electrons. The lowest BCUT2D eigenvalue weighted by molar-refractivity contribution is -0.207. The number of carbonyl (C=O) groups excluding carboxylic acids is 2. The van der Waals surface area contributed by atoms with Gasteiger partial charge in [0.25, 0.3) is 0 Å². The van der Waals surface area contributed by atoms with E-state index in [-0.39, 0.29) is 77.1 Å². The number of aliphatic hydroxyl groups is 3. The van der Waals surface area contributed by atoms with Gasteiger partial charge in [-0.25, -0.2) is 0 Å². The van der Waals surface area contributed by atoms with Crippen LogP contribution in [0.15, 0.2) is 30.3 Å². The molecule has 5 aliphatic rings. The van der Waals surface area contributed by atoms with E-state index in [4.69, 9.17) is 0 Å². The summed E-state index contributed by atoms with van der Waals surface area (Å²) < 4.78 is 0. The molecule has 0 saturated heterocycles. The van der Waals surface area contributed by atoms with E-state index in [1.54, 1.807) is 0 Å². The second-order valence-corrected chi connectivity index (χ2v) is 18.2. The largest absolute Gasteiger partial charge is 0.481 e. The Morgan fingerprint density at radius 1 is 0.902 bits per heavy atom. The normalized spacial score (nSPS) is 38.3. The first kappa shape index (κ1) is 38.2. The van der Waals surface area contributed by atoms with Crippen molar-refractivity contribution >= 4 is 17.8 Å². The number of amides is 2. The van der Waals surface area contributed by atoms with Crippen molar-refractivity contribution in [1.82, 2.24) is 10.6 Å². The van der Waals surface area contributed by atoms with Gasteiger partial charge in [-0.1, -0.05) is 70.4 Å². The van der Waals surface area contributed by atoms with Gasteiger partial charge >= 0.3 is 5.97 Å². The van der Waals surface area contributed by atoms with E-state index in [1.165, 1.54) is 0 Å². The Morgan fingerprint density at radius 2 is 1.63 bits per heavy atom. The number of fused-ring (bicyclic) bond motifs is 5. The fourth-order valence-corrected chi connectivity index (χ4v) is 12.5. The highest BCUT2D eigenvalue weighted by Gasteiger charge is 2.65. The van der Waals surface area contributed by atoms with Crippen molar-refractivity contribution in [3.05, 3.63) is 35.9 Å². The molecule has 6 N–H and O–H groups in total. The van der Waals surface area contributed by atoms with Crippen LogP contribution in [-0.4, -0.2) is 69.1 Å². The average Bonchev–Trinajstić information content (AvgIpc) is 3.46. The number of rotatable bonds is 12. The predicted octanol–water partition coefficient (Wildman–Crippen LogP) is 5.63. The summed E-state index contributed by atoms with van der Waals surface area (Å²) in [6.07, 6.45) is 10.5. The van der Waals surface area contributed by atoms with Gasteiger partial charge < -0.3 is 31.1 Å². The van der Waals surface area contributed by atoms with Crippen LogP contribution in [0.3, 0.4) is 0 Å². The topological polar surface area (TPSA) is 156 Å². The zero-order valence-corrected chi connectivity index (χ0v) is 31.2. The number of benzene rings is 1. The van der Waals surface area contributed by atoms with Crippen LogP contribution in [0.4, 0.5) is 0 Å². The van der Waals surface area contributed by atoms with Crippen LogP contribution in [0.1, 0.15) is 123 Å². The first-order chi connectivity index (χ1) is 24.3. The number of hydrogen-bond acceptors (Lipinski definition) is 6. The number of nitrogens with one attached hydrogen (secondary N) is 2.